The van der Waals surface area contributed by atoms with Gasteiger partial charge in [0, 0.05) is 5.56 Å². The molecule has 0 aliphatic rings. The molecule has 0 saturated carbocycles. The van der Waals surface area contributed by atoms with E-state index in [1.165, 1.54) is 5.56 Å². The maximum Gasteiger partial charge on any atom is 0.511 e. The van der Waals surface area contributed by atoms with Gasteiger partial charge in [0.15, 0.2) is 11.5 Å². The summed E-state index contributed by atoms with van der Waals surface area (Å²) in [5.41, 5.74) is 3.13. The van der Waals surface area contributed by atoms with Gasteiger partial charge in [-0.05, 0) is 49.3 Å². The highest BCUT2D eigenvalue weighted by Crippen LogP contribution is 2.37. The molecule has 0 amide bonds. The fourth-order valence-corrected chi connectivity index (χ4v) is 2.77. The second-order valence-electron chi connectivity index (χ2n) is 5.62. The Hall–Kier alpha value is -1.71. The first-order valence-corrected chi connectivity index (χ1v) is 8.32. The van der Waals surface area contributed by atoms with Crippen molar-refractivity contribution in [1.29, 1.82) is 0 Å². The van der Waals surface area contributed by atoms with Crippen LogP contribution in [0.15, 0.2) is 6.07 Å². The first-order valence-electron chi connectivity index (χ1n) is 8.32. The van der Waals surface area contributed by atoms with Crippen LogP contribution in [0.4, 0.5) is 4.79 Å². The van der Waals surface area contributed by atoms with E-state index in [2.05, 4.69) is 13.8 Å². The van der Waals surface area contributed by atoms with Crippen molar-refractivity contribution < 1.29 is 19.7 Å². The fourth-order valence-electron chi connectivity index (χ4n) is 2.77. The third kappa shape index (κ3) is 4.93. The van der Waals surface area contributed by atoms with Gasteiger partial charge in [-0.2, -0.15) is 0 Å². The lowest BCUT2D eigenvalue weighted by Crippen LogP contribution is -2.08. The number of aromatic hydroxyl groups is 1. The quantitative estimate of drug-likeness (QED) is 0.379. The predicted octanol–water partition coefficient (Wildman–Crippen LogP) is 5.09. The van der Waals surface area contributed by atoms with Crippen molar-refractivity contribution in [3.8, 4) is 11.5 Å². The van der Waals surface area contributed by atoms with Crippen molar-refractivity contribution in [3.63, 3.8) is 0 Å². The zero-order chi connectivity index (χ0) is 16.5. The number of benzene rings is 1. The lowest BCUT2D eigenvalue weighted by atomic mass is 9.90. The van der Waals surface area contributed by atoms with Crippen LogP contribution in [0.5, 0.6) is 11.5 Å². The fraction of sp³-hybridized carbons (Fsp3) is 0.611. The molecule has 22 heavy (non-hydrogen) atoms. The van der Waals surface area contributed by atoms with Crippen LogP contribution in [0.2, 0.25) is 0 Å². The summed E-state index contributed by atoms with van der Waals surface area (Å²) >= 11 is 0. The molecule has 1 aromatic carbocycles. The number of carbonyl (C=O) groups is 1. The average Bonchev–Trinajstić information content (AvgIpc) is 2.49. The molecule has 0 radical (unpaired) electrons. The van der Waals surface area contributed by atoms with Crippen LogP contribution in [0.3, 0.4) is 0 Å². The van der Waals surface area contributed by atoms with Gasteiger partial charge in [-0.3, -0.25) is 0 Å². The summed E-state index contributed by atoms with van der Waals surface area (Å²) in [6.45, 7) is 6.33. The Bertz CT molecular complexity index is 494. The third-order valence-electron chi connectivity index (χ3n) is 3.97. The molecule has 2 N–H and O–H groups in total. The maximum absolute atomic E-state index is 10.8. The Morgan fingerprint density at radius 1 is 1.05 bits per heavy atom. The van der Waals surface area contributed by atoms with E-state index in [0.29, 0.717) is 0 Å². The molecule has 0 atom stereocenters. The largest absolute Gasteiger partial charge is 0.511 e. The summed E-state index contributed by atoms with van der Waals surface area (Å²) in [5, 5.41) is 19.3. The van der Waals surface area contributed by atoms with Gasteiger partial charge >= 0.3 is 6.16 Å². The smallest absolute Gasteiger partial charge is 0.504 e. The monoisotopic (exact) mass is 308 g/mol. The summed E-state index contributed by atoms with van der Waals surface area (Å²) in [7, 11) is 0. The van der Waals surface area contributed by atoms with Gasteiger partial charge < -0.3 is 14.9 Å². The number of rotatable bonds is 9. The normalized spacial score (nSPS) is 10.7. The van der Waals surface area contributed by atoms with Crippen LogP contribution in [0.1, 0.15) is 69.6 Å². The number of ether oxygens (including phenoxy) is 1. The third-order valence-corrected chi connectivity index (χ3v) is 3.97. The van der Waals surface area contributed by atoms with E-state index in [9.17, 15) is 9.90 Å². The van der Waals surface area contributed by atoms with Crippen LogP contribution >= 0.6 is 0 Å². The van der Waals surface area contributed by atoms with Crippen molar-refractivity contribution >= 4 is 6.16 Å². The molecule has 0 aliphatic heterocycles. The molecule has 4 heteroatoms. The lowest BCUT2D eigenvalue weighted by molar-refractivity contribution is 0.142. The second kappa shape index (κ2) is 9.34. The Kier molecular flexibility index (Phi) is 7.78. The molecule has 124 valence electrons. The zero-order valence-electron chi connectivity index (χ0n) is 13.9. The number of carboxylic acid groups (broad SMARTS) is 1. The minimum atomic E-state index is -1.39. The van der Waals surface area contributed by atoms with E-state index in [1.807, 2.05) is 6.92 Å². The van der Waals surface area contributed by atoms with E-state index in [1.54, 1.807) is 6.07 Å². The van der Waals surface area contributed by atoms with Crippen LogP contribution < -0.4 is 4.74 Å². The second-order valence-corrected chi connectivity index (χ2v) is 5.62. The number of phenols is 1. The van der Waals surface area contributed by atoms with E-state index in [4.69, 9.17) is 9.84 Å². The number of phenolic OH excluding ortho intramolecular Hbond substituents is 1. The summed E-state index contributed by atoms with van der Waals surface area (Å²) in [6.07, 6.45) is 6.44. The molecule has 0 unspecified atom stereocenters. The molecule has 1 aromatic rings. The molecule has 0 heterocycles. The van der Waals surface area contributed by atoms with Crippen LogP contribution in [-0.2, 0) is 19.3 Å². The molecule has 0 spiro atoms. The van der Waals surface area contributed by atoms with Crippen LogP contribution in [-0.4, -0.2) is 16.4 Å². The summed E-state index contributed by atoms with van der Waals surface area (Å²) in [6, 6.07) is 1.68. The van der Waals surface area contributed by atoms with Gasteiger partial charge in [0.1, 0.15) is 0 Å². The molecule has 0 aliphatic carbocycles. The number of aryl methyl sites for hydroxylation is 1. The average molecular weight is 308 g/mol. The molecular weight excluding hydrogens is 280 g/mol. The zero-order valence-corrected chi connectivity index (χ0v) is 13.9. The summed E-state index contributed by atoms with van der Waals surface area (Å²) in [4.78, 5) is 10.8. The van der Waals surface area contributed by atoms with E-state index >= 15 is 0 Å². The van der Waals surface area contributed by atoms with Gasteiger partial charge in [-0.1, -0.05) is 40.0 Å². The lowest BCUT2D eigenvalue weighted by Gasteiger charge is -2.18. The van der Waals surface area contributed by atoms with Gasteiger partial charge in [-0.15, -0.1) is 0 Å². The van der Waals surface area contributed by atoms with E-state index < -0.39 is 6.16 Å². The van der Waals surface area contributed by atoms with Gasteiger partial charge in [-0.25, -0.2) is 4.79 Å². The molecule has 0 aromatic heterocycles. The minimum absolute atomic E-state index is 0.00167. The Balaban J connectivity index is 3.25. The van der Waals surface area contributed by atoms with Gasteiger partial charge in [0.25, 0.3) is 0 Å². The number of hydrogen-bond acceptors (Lipinski definition) is 3. The highest BCUT2D eigenvalue weighted by atomic mass is 16.7. The standard InChI is InChI=1S/C18H28O4/c1-4-7-9-11-15-14(10-8-5-2)13(6-3)12-16(17(15)19)22-18(20)21/h12,19H,4-11H2,1-3H3,(H,20,21). The van der Waals surface area contributed by atoms with E-state index in [-0.39, 0.29) is 11.5 Å². The number of hydrogen-bond donors (Lipinski definition) is 2. The van der Waals surface area contributed by atoms with E-state index in [0.717, 1.165) is 62.5 Å². The first kappa shape index (κ1) is 18.3. The van der Waals surface area contributed by atoms with Crippen molar-refractivity contribution in [3.05, 3.63) is 22.8 Å². The van der Waals surface area contributed by atoms with Crippen LogP contribution in [0, 0.1) is 0 Å². The Morgan fingerprint density at radius 2 is 1.68 bits per heavy atom. The van der Waals surface area contributed by atoms with Gasteiger partial charge in [0.05, 0.1) is 0 Å². The van der Waals surface area contributed by atoms with Crippen molar-refractivity contribution in [1.82, 2.24) is 0 Å². The molecule has 0 bridgehead atoms. The van der Waals surface area contributed by atoms with Crippen molar-refractivity contribution in [2.75, 3.05) is 0 Å². The van der Waals surface area contributed by atoms with Crippen molar-refractivity contribution in [2.45, 2.75) is 72.1 Å². The number of unbranched alkanes of at least 4 members (excludes halogenated alkanes) is 3. The SMILES string of the molecule is CCCCCc1c(O)c(OC(=O)O)cc(CC)c1CCCC. The molecule has 0 saturated heterocycles. The molecule has 1 rings (SSSR count). The van der Waals surface area contributed by atoms with Gasteiger partial charge in [0.2, 0.25) is 0 Å². The minimum Gasteiger partial charge on any atom is -0.504 e. The Labute approximate surface area is 133 Å². The molecule has 0 fully saturated rings. The first-order chi connectivity index (χ1) is 10.5. The summed E-state index contributed by atoms with van der Waals surface area (Å²) in [5.74, 6) is 0.0675. The molecular formula is C18H28O4. The topological polar surface area (TPSA) is 66.8 Å². The Morgan fingerprint density at radius 3 is 2.23 bits per heavy atom. The maximum atomic E-state index is 10.8. The predicted molar refractivity (Wildman–Crippen MR) is 88.0 cm³/mol. The van der Waals surface area contributed by atoms with Crippen LogP contribution in [0.25, 0.3) is 0 Å². The molecule has 4 nitrogen and oxygen atoms in total. The highest BCUT2D eigenvalue weighted by molar-refractivity contribution is 5.65. The van der Waals surface area contributed by atoms with Crippen molar-refractivity contribution in [2.24, 2.45) is 0 Å². The summed E-state index contributed by atoms with van der Waals surface area (Å²) < 4.78 is 4.76. The highest BCUT2D eigenvalue weighted by Gasteiger charge is 2.19.